The fourth-order valence-corrected chi connectivity index (χ4v) is 2.16. The van der Waals surface area contributed by atoms with Crippen molar-refractivity contribution in [2.75, 3.05) is 6.54 Å². The van der Waals surface area contributed by atoms with Crippen molar-refractivity contribution in [2.24, 2.45) is 17.6 Å². The van der Waals surface area contributed by atoms with Crippen molar-refractivity contribution < 1.29 is 0 Å². The van der Waals surface area contributed by atoms with Crippen LogP contribution in [0.3, 0.4) is 0 Å². The molecule has 2 unspecified atom stereocenters. The zero-order valence-electron chi connectivity index (χ0n) is 6.14. The summed E-state index contributed by atoms with van der Waals surface area (Å²) >= 11 is 0. The number of fused-ring (bicyclic) bond motifs is 1. The van der Waals surface area contributed by atoms with Crippen molar-refractivity contribution in [3.8, 4) is 0 Å². The molecule has 0 aliphatic heterocycles. The van der Waals surface area contributed by atoms with Crippen LogP contribution < -0.4 is 5.73 Å². The monoisotopic (exact) mass is 135 g/mol. The van der Waals surface area contributed by atoms with Crippen LogP contribution in [0.15, 0.2) is 23.8 Å². The average molecular weight is 135 g/mol. The molecular weight excluding hydrogens is 122 g/mol. The first kappa shape index (κ1) is 6.17. The molecule has 2 aliphatic rings. The lowest BCUT2D eigenvalue weighted by Gasteiger charge is -2.20. The van der Waals surface area contributed by atoms with Gasteiger partial charge in [-0.1, -0.05) is 18.2 Å². The van der Waals surface area contributed by atoms with Gasteiger partial charge in [0.25, 0.3) is 0 Å². The topological polar surface area (TPSA) is 26.0 Å². The molecular formula is C9H13N. The number of rotatable bonds is 1. The van der Waals surface area contributed by atoms with Gasteiger partial charge in [0.1, 0.15) is 0 Å². The second-order valence-corrected chi connectivity index (χ2v) is 3.36. The maximum absolute atomic E-state index is 5.60. The van der Waals surface area contributed by atoms with E-state index in [1.165, 1.54) is 24.0 Å². The lowest BCUT2D eigenvalue weighted by atomic mass is 9.86. The maximum atomic E-state index is 5.60. The summed E-state index contributed by atoms with van der Waals surface area (Å²) in [6.45, 7) is 4.82. The van der Waals surface area contributed by atoms with E-state index in [1.54, 1.807) is 0 Å². The second kappa shape index (κ2) is 1.96. The van der Waals surface area contributed by atoms with Crippen LogP contribution in [0.2, 0.25) is 0 Å². The van der Waals surface area contributed by atoms with E-state index in [-0.39, 0.29) is 0 Å². The Hall–Kier alpha value is -0.560. The summed E-state index contributed by atoms with van der Waals surface area (Å²) in [6.07, 6.45) is 4.84. The highest BCUT2D eigenvalue weighted by Crippen LogP contribution is 2.44. The van der Waals surface area contributed by atoms with E-state index in [2.05, 4.69) is 12.7 Å². The molecule has 0 heterocycles. The standard InChI is InChI=1S/C9H13N/c1-6-2-7-3-8(5-10)9(6)4-7/h4,7-8H,1-3,5,10H2. The number of hydrogen-bond acceptors (Lipinski definition) is 1. The van der Waals surface area contributed by atoms with Crippen molar-refractivity contribution in [1.82, 2.24) is 0 Å². The van der Waals surface area contributed by atoms with Gasteiger partial charge in [0, 0.05) is 0 Å². The Morgan fingerprint density at radius 1 is 1.70 bits per heavy atom. The molecule has 10 heavy (non-hydrogen) atoms. The summed E-state index contributed by atoms with van der Waals surface area (Å²) in [5.41, 5.74) is 8.41. The molecule has 0 spiro atoms. The largest absolute Gasteiger partial charge is 0.330 e. The maximum Gasteiger partial charge on any atom is -0.000803 e. The molecule has 0 aromatic heterocycles. The Labute approximate surface area is 61.6 Å². The van der Waals surface area contributed by atoms with Crippen LogP contribution in [-0.2, 0) is 0 Å². The van der Waals surface area contributed by atoms with Crippen molar-refractivity contribution in [3.05, 3.63) is 23.8 Å². The van der Waals surface area contributed by atoms with Crippen molar-refractivity contribution >= 4 is 0 Å². The Morgan fingerprint density at radius 3 is 2.90 bits per heavy atom. The van der Waals surface area contributed by atoms with Gasteiger partial charge in [-0.15, -0.1) is 0 Å². The van der Waals surface area contributed by atoms with Crippen LogP contribution in [0.25, 0.3) is 0 Å². The summed E-state index contributed by atoms with van der Waals surface area (Å²) in [5, 5.41) is 0. The summed E-state index contributed by atoms with van der Waals surface area (Å²) in [7, 11) is 0. The third kappa shape index (κ3) is 0.671. The van der Waals surface area contributed by atoms with Crippen LogP contribution >= 0.6 is 0 Å². The smallest absolute Gasteiger partial charge is 0.000803 e. The van der Waals surface area contributed by atoms with Gasteiger partial charge in [0.05, 0.1) is 0 Å². The number of nitrogens with two attached hydrogens (primary N) is 1. The molecule has 2 aliphatic carbocycles. The SMILES string of the molecule is C=C1CC2C=C1C(CN)C2. The van der Waals surface area contributed by atoms with Gasteiger partial charge in [0.15, 0.2) is 0 Å². The van der Waals surface area contributed by atoms with Crippen LogP contribution in [0, 0.1) is 11.8 Å². The van der Waals surface area contributed by atoms with Gasteiger partial charge in [-0.2, -0.15) is 0 Å². The molecule has 0 aromatic carbocycles. The van der Waals surface area contributed by atoms with Gasteiger partial charge < -0.3 is 5.73 Å². The quantitative estimate of drug-likeness (QED) is 0.579. The predicted octanol–water partition coefficient (Wildman–Crippen LogP) is 1.47. The first-order valence-electron chi connectivity index (χ1n) is 3.91. The molecule has 54 valence electrons. The third-order valence-corrected chi connectivity index (χ3v) is 2.64. The molecule has 0 fully saturated rings. The highest BCUT2D eigenvalue weighted by molar-refractivity contribution is 5.41. The fraction of sp³-hybridized carbons (Fsp3) is 0.556. The second-order valence-electron chi connectivity index (χ2n) is 3.36. The van der Waals surface area contributed by atoms with Crippen molar-refractivity contribution in [3.63, 3.8) is 0 Å². The Morgan fingerprint density at radius 2 is 2.50 bits per heavy atom. The van der Waals surface area contributed by atoms with E-state index in [4.69, 9.17) is 5.73 Å². The Kier molecular flexibility index (Phi) is 1.21. The first-order chi connectivity index (χ1) is 4.81. The summed E-state index contributed by atoms with van der Waals surface area (Å²) < 4.78 is 0. The minimum absolute atomic E-state index is 0.645. The number of hydrogen-bond donors (Lipinski definition) is 1. The van der Waals surface area contributed by atoms with Crippen LogP contribution in [0.4, 0.5) is 0 Å². The lowest BCUT2D eigenvalue weighted by Crippen LogP contribution is -2.18. The van der Waals surface area contributed by atoms with Crippen LogP contribution in [-0.4, -0.2) is 6.54 Å². The van der Waals surface area contributed by atoms with Crippen LogP contribution in [0.1, 0.15) is 12.8 Å². The number of allylic oxidation sites excluding steroid dienone is 2. The lowest BCUT2D eigenvalue weighted by molar-refractivity contribution is 0.487. The third-order valence-electron chi connectivity index (χ3n) is 2.64. The van der Waals surface area contributed by atoms with E-state index >= 15 is 0 Å². The Balaban J connectivity index is 2.22. The van der Waals surface area contributed by atoms with Crippen molar-refractivity contribution in [2.45, 2.75) is 12.8 Å². The summed E-state index contributed by atoms with van der Waals surface area (Å²) in [5.74, 6) is 1.43. The minimum atomic E-state index is 0.645. The van der Waals surface area contributed by atoms with Gasteiger partial charge in [0.2, 0.25) is 0 Å². The fourth-order valence-electron chi connectivity index (χ4n) is 2.16. The van der Waals surface area contributed by atoms with E-state index in [9.17, 15) is 0 Å². The molecule has 0 saturated carbocycles. The highest BCUT2D eigenvalue weighted by Gasteiger charge is 2.33. The predicted molar refractivity (Wildman–Crippen MR) is 42.5 cm³/mol. The van der Waals surface area contributed by atoms with E-state index in [1.807, 2.05) is 0 Å². The van der Waals surface area contributed by atoms with Gasteiger partial charge >= 0.3 is 0 Å². The molecule has 2 bridgehead atoms. The molecule has 0 radical (unpaired) electrons. The zero-order chi connectivity index (χ0) is 7.14. The van der Waals surface area contributed by atoms with Gasteiger partial charge in [-0.3, -0.25) is 0 Å². The highest BCUT2D eigenvalue weighted by atomic mass is 14.6. The summed E-state index contributed by atoms with van der Waals surface area (Å²) in [4.78, 5) is 0. The molecule has 0 amide bonds. The molecule has 2 atom stereocenters. The van der Waals surface area contributed by atoms with E-state index < -0.39 is 0 Å². The van der Waals surface area contributed by atoms with Gasteiger partial charge in [-0.05, 0) is 36.8 Å². The van der Waals surface area contributed by atoms with Crippen molar-refractivity contribution in [1.29, 1.82) is 0 Å². The molecule has 2 N–H and O–H groups in total. The molecule has 1 heteroatoms. The Bertz CT molecular complexity index is 203. The van der Waals surface area contributed by atoms with Gasteiger partial charge in [-0.25, -0.2) is 0 Å². The molecule has 0 aromatic rings. The minimum Gasteiger partial charge on any atom is -0.330 e. The normalized spacial score (nSPS) is 36.9. The van der Waals surface area contributed by atoms with E-state index in [0.29, 0.717) is 5.92 Å². The summed E-state index contributed by atoms with van der Waals surface area (Å²) in [6, 6.07) is 0. The van der Waals surface area contributed by atoms with E-state index in [0.717, 1.165) is 12.5 Å². The molecule has 0 saturated heterocycles. The first-order valence-corrected chi connectivity index (χ1v) is 3.91. The molecule has 2 rings (SSSR count). The average Bonchev–Trinajstić information content (AvgIpc) is 2.44. The molecule has 1 nitrogen and oxygen atoms in total. The van der Waals surface area contributed by atoms with Crippen LogP contribution in [0.5, 0.6) is 0 Å². The zero-order valence-corrected chi connectivity index (χ0v) is 6.14.